The molecule has 0 radical (unpaired) electrons. The predicted molar refractivity (Wildman–Crippen MR) is 101 cm³/mol. The maximum Gasteiger partial charge on any atom is 0.254 e. The molecule has 2 amide bonds. The molecule has 27 heavy (non-hydrogen) atoms. The number of hydrogen-bond acceptors (Lipinski definition) is 5. The van der Waals surface area contributed by atoms with E-state index in [2.05, 4.69) is 20.3 Å². The smallest absolute Gasteiger partial charge is 0.254 e. The van der Waals surface area contributed by atoms with Gasteiger partial charge in [0.05, 0.1) is 23.2 Å². The Morgan fingerprint density at radius 1 is 1.19 bits per heavy atom. The standard InChI is InChI=1S/C19H26N6O2/c1-12-10-15(17-13(2)22-23(3)18(17)20-12)19(27)25-8-6-24(7-9-25)11-16(26)21-14-4-5-14/h10,14H,4-9,11H2,1-3H3,(H,21,26). The lowest BCUT2D eigenvalue weighted by molar-refractivity contribution is -0.122. The molecule has 0 spiro atoms. The molecule has 1 saturated heterocycles. The van der Waals surface area contributed by atoms with Gasteiger partial charge < -0.3 is 10.2 Å². The lowest BCUT2D eigenvalue weighted by Crippen LogP contribution is -2.51. The molecule has 2 aliphatic rings. The fraction of sp³-hybridized carbons (Fsp3) is 0.579. The number of pyridine rings is 1. The Labute approximate surface area is 158 Å². The zero-order chi connectivity index (χ0) is 19.1. The number of carbonyl (C=O) groups is 2. The van der Waals surface area contributed by atoms with Gasteiger partial charge in [0.2, 0.25) is 5.91 Å². The molecule has 0 aromatic carbocycles. The average Bonchev–Trinajstić information content (AvgIpc) is 3.39. The lowest BCUT2D eigenvalue weighted by atomic mass is 10.1. The van der Waals surface area contributed by atoms with Crippen LogP contribution in [0.2, 0.25) is 0 Å². The molecule has 1 aliphatic heterocycles. The number of nitrogens with one attached hydrogen (secondary N) is 1. The molecule has 144 valence electrons. The Morgan fingerprint density at radius 3 is 2.56 bits per heavy atom. The molecule has 0 unspecified atom stereocenters. The van der Waals surface area contributed by atoms with Crippen LogP contribution in [-0.4, -0.2) is 75.1 Å². The third kappa shape index (κ3) is 3.66. The van der Waals surface area contributed by atoms with Crippen molar-refractivity contribution < 1.29 is 9.59 Å². The van der Waals surface area contributed by atoms with Crippen molar-refractivity contribution in [2.24, 2.45) is 7.05 Å². The van der Waals surface area contributed by atoms with Crippen molar-refractivity contribution in [3.05, 3.63) is 23.0 Å². The highest BCUT2D eigenvalue weighted by Gasteiger charge is 2.28. The van der Waals surface area contributed by atoms with Crippen LogP contribution in [0.4, 0.5) is 0 Å². The quantitative estimate of drug-likeness (QED) is 0.853. The second kappa shape index (κ2) is 6.92. The summed E-state index contributed by atoms with van der Waals surface area (Å²) in [5, 5.41) is 8.27. The van der Waals surface area contributed by atoms with Gasteiger partial charge in [0.15, 0.2) is 5.65 Å². The number of carbonyl (C=O) groups excluding carboxylic acids is 2. The van der Waals surface area contributed by atoms with Gasteiger partial charge in [-0.05, 0) is 32.8 Å². The van der Waals surface area contributed by atoms with Gasteiger partial charge in [-0.15, -0.1) is 0 Å². The molecule has 8 heteroatoms. The van der Waals surface area contributed by atoms with E-state index in [1.165, 1.54) is 0 Å². The predicted octanol–water partition coefficient (Wildman–Crippen LogP) is 0.622. The van der Waals surface area contributed by atoms with Gasteiger partial charge in [0.25, 0.3) is 5.91 Å². The number of nitrogens with zero attached hydrogens (tertiary/aromatic N) is 5. The third-order valence-corrected chi connectivity index (χ3v) is 5.30. The van der Waals surface area contributed by atoms with E-state index < -0.39 is 0 Å². The van der Waals surface area contributed by atoms with E-state index in [1.54, 1.807) is 4.68 Å². The summed E-state index contributed by atoms with van der Waals surface area (Å²) in [5.74, 6) is 0.110. The van der Waals surface area contributed by atoms with E-state index in [-0.39, 0.29) is 11.8 Å². The van der Waals surface area contributed by atoms with E-state index in [0.29, 0.717) is 44.3 Å². The summed E-state index contributed by atoms with van der Waals surface area (Å²) < 4.78 is 1.73. The summed E-state index contributed by atoms with van der Waals surface area (Å²) in [7, 11) is 1.85. The molecule has 2 aromatic rings. The van der Waals surface area contributed by atoms with Gasteiger partial charge in [-0.1, -0.05) is 0 Å². The summed E-state index contributed by atoms with van der Waals surface area (Å²) >= 11 is 0. The Morgan fingerprint density at radius 2 is 1.89 bits per heavy atom. The van der Waals surface area contributed by atoms with Crippen molar-refractivity contribution in [3.8, 4) is 0 Å². The molecule has 8 nitrogen and oxygen atoms in total. The van der Waals surface area contributed by atoms with Gasteiger partial charge in [0.1, 0.15) is 0 Å². The number of hydrogen-bond donors (Lipinski definition) is 1. The molecular weight excluding hydrogens is 344 g/mol. The summed E-state index contributed by atoms with van der Waals surface area (Å²) in [4.78, 5) is 33.7. The maximum absolute atomic E-state index is 13.2. The first-order valence-corrected chi connectivity index (χ1v) is 9.54. The van der Waals surface area contributed by atoms with Crippen LogP contribution in [0.25, 0.3) is 11.0 Å². The summed E-state index contributed by atoms with van der Waals surface area (Å²) in [5.41, 5.74) is 3.04. The zero-order valence-corrected chi connectivity index (χ0v) is 16.2. The number of aromatic nitrogens is 3. The number of rotatable bonds is 4. The van der Waals surface area contributed by atoms with Gasteiger partial charge >= 0.3 is 0 Å². The molecule has 1 N–H and O–H groups in total. The largest absolute Gasteiger partial charge is 0.352 e. The molecular formula is C19H26N6O2. The van der Waals surface area contributed by atoms with E-state index in [0.717, 1.165) is 35.3 Å². The summed E-state index contributed by atoms with van der Waals surface area (Å²) in [6.07, 6.45) is 2.20. The van der Waals surface area contributed by atoms with Crippen LogP contribution in [0, 0.1) is 13.8 Å². The molecule has 0 atom stereocenters. The SMILES string of the molecule is Cc1cc(C(=O)N2CCN(CC(=O)NC3CC3)CC2)c2c(C)nn(C)c2n1. The van der Waals surface area contributed by atoms with Crippen molar-refractivity contribution in [2.75, 3.05) is 32.7 Å². The van der Waals surface area contributed by atoms with E-state index in [9.17, 15) is 9.59 Å². The molecule has 1 saturated carbocycles. The Kier molecular flexibility index (Phi) is 4.59. The minimum atomic E-state index is 0.0173. The highest BCUT2D eigenvalue weighted by molar-refractivity contribution is 6.06. The number of amides is 2. The number of piperazine rings is 1. The molecule has 2 aromatic heterocycles. The molecule has 3 heterocycles. The van der Waals surface area contributed by atoms with Crippen molar-refractivity contribution in [3.63, 3.8) is 0 Å². The number of fused-ring (bicyclic) bond motifs is 1. The Hall–Kier alpha value is -2.48. The highest BCUT2D eigenvalue weighted by atomic mass is 16.2. The topological polar surface area (TPSA) is 83.4 Å². The second-order valence-corrected chi connectivity index (χ2v) is 7.63. The normalized spacial score (nSPS) is 18.1. The van der Waals surface area contributed by atoms with Gasteiger partial charge in [-0.25, -0.2) is 4.98 Å². The minimum absolute atomic E-state index is 0.0173. The first-order chi connectivity index (χ1) is 12.9. The maximum atomic E-state index is 13.2. The van der Waals surface area contributed by atoms with E-state index >= 15 is 0 Å². The van der Waals surface area contributed by atoms with Gasteiger partial charge in [-0.2, -0.15) is 5.10 Å². The fourth-order valence-electron chi connectivity index (χ4n) is 3.72. The molecule has 0 bridgehead atoms. The number of aryl methyl sites for hydroxylation is 3. The van der Waals surface area contributed by atoms with Crippen molar-refractivity contribution in [1.82, 2.24) is 29.9 Å². The van der Waals surface area contributed by atoms with E-state index in [1.807, 2.05) is 31.9 Å². The summed E-state index contributed by atoms with van der Waals surface area (Å²) in [6.45, 7) is 6.89. The monoisotopic (exact) mass is 370 g/mol. The lowest BCUT2D eigenvalue weighted by Gasteiger charge is -2.34. The average molecular weight is 370 g/mol. The second-order valence-electron chi connectivity index (χ2n) is 7.63. The van der Waals surface area contributed by atoms with Crippen molar-refractivity contribution in [1.29, 1.82) is 0 Å². The van der Waals surface area contributed by atoms with E-state index in [4.69, 9.17) is 0 Å². The third-order valence-electron chi connectivity index (χ3n) is 5.30. The van der Waals surface area contributed by atoms with Crippen LogP contribution in [-0.2, 0) is 11.8 Å². The van der Waals surface area contributed by atoms with Crippen molar-refractivity contribution >= 4 is 22.8 Å². The Bertz CT molecular complexity index is 893. The minimum Gasteiger partial charge on any atom is -0.352 e. The zero-order valence-electron chi connectivity index (χ0n) is 16.2. The van der Waals surface area contributed by atoms with Crippen LogP contribution in [0.5, 0.6) is 0 Å². The summed E-state index contributed by atoms with van der Waals surface area (Å²) in [6, 6.07) is 2.25. The molecule has 2 fully saturated rings. The molecule has 4 rings (SSSR count). The van der Waals surface area contributed by atoms with Gasteiger partial charge in [0, 0.05) is 45.0 Å². The highest BCUT2D eigenvalue weighted by Crippen LogP contribution is 2.23. The van der Waals surface area contributed by atoms with Crippen LogP contribution >= 0.6 is 0 Å². The first-order valence-electron chi connectivity index (χ1n) is 9.54. The van der Waals surface area contributed by atoms with Crippen LogP contribution < -0.4 is 5.32 Å². The van der Waals surface area contributed by atoms with Gasteiger partial charge in [-0.3, -0.25) is 19.2 Å². The Balaban J connectivity index is 1.45. The fourth-order valence-corrected chi connectivity index (χ4v) is 3.72. The molecule has 1 aliphatic carbocycles. The van der Waals surface area contributed by atoms with Crippen LogP contribution in [0.1, 0.15) is 34.6 Å². The van der Waals surface area contributed by atoms with Crippen molar-refractivity contribution in [2.45, 2.75) is 32.7 Å². The van der Waals surface area contributed by atoms with Crippen LogP contribution in [0.15, 0.2) is 6.07 Å². The first kappa shape index (κ1) is 17.9. The van der Waals surface area contributed by atoms with Crippen LogP contribution in [0.3, 0.4) is 0 Å².